The van der Waals surface area contributed by atoms with Crippen molar-refractivity contribution in [2.24, 2.45) is 0 Å². The smallest absolute Gasteiger partial charge is 0.409 e. The first-order valence-corrected chi connectivity index (χ1v) is 10.1. The van der Waals surface area contributed by atoms with Crippen molar-refractivity contribution in [3.8, 4) is 11.1 Å². The molecule has 1 aromatic heterocycles. The number of piperazine rings is 1. The van der Waals surface area contributed by atoms with Crippen LogP contribution in [-0.4, -0.2) is 48.8 Å². The Bertz CT molecular complexity index is 968. The molecule has 1 amide bonds. The summed E-state index contributed by atoms with van der Waals surface area (Å²) in [4.78, 5) is 21.1. The number of hydrogen-bond donors (Lipinski definition) is 0. The van der Waals surface area contributed by atoms with Gasteiger partial charge in [0.2, 0.25) is 0 Å². The standard InChI is InChI=1S/C24H23N3O2/c28-24(27-15-13-26(14-16-27)23-11-5-6-12-25-23)29-17-22-20-9-3-1-7-18(20)19-8-2-4-10-21(19)22/h1-12,22H,13-17H2. The van der Waals surface area contributed by atoms with E-state index in [2.05, 4.69) is 58.4 Å². The van der Waals surface area contributed by atoms with E-state index in [1.807, 2.05) is 18.2 Å². The van der Waals surface area contributed by atoms with E-state index in [0.29, 0.717) is 19.7 Å². The van der Waals surface area contributed by atoms with Crippen LogP contribution in [0.1, 0.15) is 17.0 Å². The minimum atomic E-state index is -0.229. The van der Waals surface area contributed by atoms with Crippen molar-refractivity contribution in [1.82, 2.24) is 9.88 Å². The van der Waals surface area contributed by atoms with Gasteiger partial charge in [0.25, 0.3) is 0 Å². The quantitative estimate of drug-likeness (QED) is 0.679. The van der Waals surface area contributed by atoms with Crippen LogP contribution in [0.3, 0.4) is 0 Å². The molecule has 2 aromatic carbocycles. The molecule has 0 N–H and O–H groups in total. The number of pyridine rings is 1. The second kappa shape index (κ2) is 7.59. The van der Waals surface area contributed by atoms with Crippen LogP contribution >= 0.6 is 0 Å². The molecule has 0 spiro atoms. The van der Waals surface area contributed by atoms with Crippen LogP contribution in [0.5, 0.6) is 0 Å². The number of carbonyl (C=O) groups excluding carboxylic acids is 1. The van der Waals surface area contributed by atoms with Crippen LogP contribution in [-0.2, 0) is 4.74 Å². The average molecular weight is 385 g/mol. The van der Waals surface area contributed by atoms with Crippen molar-refractivity contribution in [2.45, 2.75) is 5.92 Å². The summed E-state index contributed by atoms with van der Waals surface area (Å²) in [5.74, 6) is 1.06. The van der Waals surface area contributed by atoms with Crippen molar-refractivity contribution >= 4 is 11.9 Å². The second-order valence-corrected chi connectivity index (χ2v) is 7.47. The number of rotatable bonds is 3. The van der Waals surface area contributed by atoms with Gasteiger partial charge in [0.15, 0.2) is 0 Å². The van der Waals surface area contributed by atoms with Crippen molar-refractivity contribution in [1.29, 1.82) is 0 Å². The van der Waals surface area contributed by atoms with Crippen LogP contribution < -0.4 is 4.90 Å². The molecule has 0 saturated carbocycles. The minimum Gasteiger partial charge on any atom is -0.448 e. The van der Waals surface area contributed by atoms with Crippen LogP contribution in [0, 0.1) is 0 Å². The maximum atomic E-state index is 12.7. The topological polar surface area (TPSA) is 45.7 Å². The van der Waals surface area contributed by atoms with E-state index in [4.69, 9.17) is 4.74 Å². The Morgan fingerprint density at radius 3 is 2.10 bits per heavy atom. The normalized spacial score (nSPS) is 15.7. The van der Waals surface area contributed by atoms with Crippen LogP contribution in [0.15, 0.2) is 72.9 Å². The van der Waals surface area contributed by atoms with Gasteiger partial charge >= 0.3 is 6.09 Å². The highest BCUT2D eigenvalue weighted by molar-refractivity contribution is 5.79. The van der Waals surface area contributed by atoms with Crippen molar-refractivity contribution in [3.05, 3.63) is 84.1 Å². The molecule has 0 radical (unpaired) electrons. The van der Waals surface area contributed by atoms with E-state index in [0.717, 1.165) is 18.9 Å². The Kier molecular flexibility index (Phi) is 4.64. The molecule has 2 heterocycles. The monoisotopic (exact) mass is 385 g/mol. The number of aromatic nitrogens is 1. The summed E-state index contributed by atoms with van der Waals surface area (Å²) >= 11 is 0. The summed E-state index contributed by atoms with van der Waals surface area (Å²) in [7, 11) is 0. The summed E-state index contributed by atoms with van der Waals surface area (Å²) < 4.78 is 5.77. The molecule has 29 heavy (non-hydrogen) atoms. The van der Waals surface area contributed by atoms with Gasteiger partial charge in [-0.1, -0.05) is 54.6 Å². The van der Waals surface area contributed by atoms with E-state index in [1.165, 1.54) is 22.3 Å². The number of benzene rings is 2. The summed E-state index contributed by atoms with van der Waals surface area (Å²) in [5.41, 5.74) is 4.96. The molecule has 0 atom stereocenters. The molecule has 1 aliphatic carbocycles. The van der Waals surface area contributed by atoms with E-state index in [-0.39, 0.29) is 12.0 Å². The predicted molar refractivity (Wildman–Crippen MR) is 113 cm³/mol. The molecular formula is C24H23N3O2. The SMILES string of the molecule is O=C(OCC1c2ccccc2-c2ccccc21)N1CCN(c2ccccn2)CC1. The molecule has 5 heteroatoms. The van der Waals surface area contributed by atoms with E-state index < -0.39 is 0 Å². The highest BCUT2D eigenvalue weighted by Crippen LogP contribution is 2.44. The van der Waals surface area contributed by atoms with Gasteiger partial charge in [0, 0.05) is 38.3 Å². The largest absolute Gasteiger partial charge is 0.448 e. The summed E-state index contributed by atoms with van der Waals surface area (Å²) in [6.45, 7) is 3.19. The van der Waals surface area contributed by atoms with E-state index >= 15 is 0 Å². The zero-order chi connectivity index (χ0) is 19.6. The number of anilines is 1. The lowest BCUT2D eigenvalue weighted by atomic mass is 9.98. The molecule has 1 aliphatic heterocycles. The minimum absolute atomic E-state index is 0.0983. The number of ether oxygens (including phenoxy) is 1. The fourth-order valence-corrected chi connectivity index (χ4v) is 4.34. The van der Waals surface area contributed by atoms with Gasteiger partial charge in [-0.3, -0.25) is 0 Å². The van der Waals surface area contributed by atoms with Gasteiger partial charge in [0.1, 0.15) is 12.4 Å². The lowest BCUT2D eigenvalue weighted by molar-refractivity contribution is 0.0976. The van der Waals surface area contributed by atoms with Crippen LogP contribution in [0.4, 0.5) is 10.6 Å². The Morgan fingerprint density at radius 1 is 0.862 bits per heavy atom. The van der Waals surface area contributed by atoms with Gasteiger partial charge in [-0.2, -0.15) is 0 Å². The second-order valence-electron chi connectivity index (χ2n) is 7.47. The van der Waals surface area contributed by atoms with Gasteiger partial charge < -0.3 is 14.5 Å². The summed E-state index contributed by atoms with van der Waals surface area (Å²) in [5, 5.41) is 0. The Balaban J connectivity index is 1.23. The molecule has 2 aliphatic rings. The van der Waals surface area contributed by atoms with Gasteiger partial charge in [0.05, 0.1) is 0 Å². The lowest BCUT2D eigenvalue weighted by Crippen LogP contribution is -2.49. The first kappa shape index (κ1) is 17.7. The zero-order valence-corrected chi connectivity index (χ0v) is 16.2. The molecule has 0 bridgehead atoms. The predicted octanol–water partition coefficient (Wildman–Crippen LogP) is 4.15. The number of carbonyl (C=O) groups is 1. The Hall–Kier alpha value is -3.34. The van der Waals surface area contributed by atoms with Gasteiger partial charge in [-0.25, -0.2) is 9.78 Å². The first-order chi connectivity index (χ1) is 14.3. The number of nitrogens with zero attached hydrogens (tertiary/aromatic N) is 3. The third-order valence-electron chi connectivity index (χ3n) is 5.85. The zero-order valence-electron chi connectivity index (χ0n) is 16.2. The molecule has 0 unspecified atom stereocenters. The molecular weight excluding hydrogens is 362 g/mol. The van der Waals surface area contributed by atoms with E-state index in [1.54, 1.807) is 11.1 Å². The van der Waals surface area contributed by atoms with Crippen LogP contribution in [0.25, 0.3) is 11.1 Å². The number of fused-ring (bicyclic) bond motifs is 3. The number of amides is 1. The molecule has 5 rings (SSSR count). The molecule has 3 aromatic rings. The van der Waals surface area contributed by atoms with Gasteiger partial charge in [-0.05, 0) is 34.4 Å². The first-order valence-electron chi connectivity index (χ1n) is 10.1. The lowest BCUT2D eigenvalue weighted by Gasteiger charge is -2.34. The number of hydrogen-bond acceptors (Lipinski definition) is 4. The third-order valence-corrected chi connectivity index (χ3v) is 5.85. The molecule has 5 nitrogen and oxygen atoms in total. The maximum absolute atomic E-state index is 12.7. The molecule has 146 valence electrons. The summed E-state index contributed by atoms with van der Waals surface area (Å²) in [6.07, 6.45) is 1.57. The van der Waals surface area contributed by atoms with E-state index in [9.17, 15) is 4.79 Å². The fourth-order valence-electron chi connectivity index (χ4n) is 4.34. The average Bonchev–Trinajstić information content (AvgIpc) is 3.12. The van der Waals surface area contributed by atoms with Gasteiger partial charge in [-0.15, -0.1) is 0 Å². The van der Waals surface area contributed by atoms with Crippen molar-refractivity contribution in [2.75, 3.05) is 37.7 Å². The van der Waals surface area contributed by atoms with Crippen LogP contribution in [0.2, 0.25) is 0 Å². The van der Waals surface area contributed by atoms with Crippen molar-refractivity contribution < 1.29 is 9.53 Å². The highest BCUT2D eigenvalue weighted by Gasteiger charge is 2.30. The fraction of sp³-hybridized carbons (Fsp3) is 0.250. The summed E-state index contributed by atoms with van der Waals surface area (Å²) in [6, 6.07) is 22.7. The molecule has 1 saturated heterocycles. The third kappa shape index (κ3) is 3.33. The Morgan fingerprint density at radius 2 is 1.48 bits per heavy atom. The van der Waals surface area contributed by atoms with Crippen molar-refractivity contribution in [3.63, 3.8) is 0 Å². The highest BCUT2D eigenvalue weighted by atomic mass is 16.6. The maximum Gasteiger partial charge on any atom is 0.409 e. The molecule has 1 fully saturated rings. The Labute approximate surface area is 170 Å².